The Bertz CT molecular complexity index is 867. The Hall–Kier alpha value is -2.28. The minimum Gasteiger partial charge on any atom is -0.494 e. The number of nitrogens with zero attached hydrogens (tertiary/aromatic N) is 1. The SMILES string of the molecule is CCCOc1ccc(CN(Cc2ccco2)CC(O)COc2ccccc2Br)cc1. The zero-order chi connectivity index (χ0) is 21.2. The third-order valence-electron chi connectivity index (χ3n) is 4.50. The summed E-state index contributed by atoms with van der Waals surface area (Å²) in [4.78, 5) is 2.15. The molecular formula is C24H28BrNO4. The van der Waals surface area contributed by atoms with Crippen LogP contribution in [-0.4, -0.2) is 35.9 Å². The summed E-state index contributed by atoms with van der Waals surface area (Å²) in [6.07, 6.45) is 2.01. The predicted octanol–water partition coefficient (Wildman–Crippen LogP) is 5.27. The Morgan fingerprint density at radius 1 is 1.00 bits per heavy atom. The zero-order valence-electron chi connectivity index (χ0n) is 17.2. The average Bonchev–Trinajstić information content (AvgIpc) is 3.25. The summed E-state index contributed by atoms with van der Waals surface area (Å²) in [5.41, 5.74) is 1.14. The van der Waals surface area contributed by atoms with Crippen molar-refractivity contribution < 1.29 is 19.0 Å². The normalized spacial score (nSPS) is 12.1. The third kappa shape index (κ3) is 7.20. The van der Waals surface area contributed by atoms with Gasteiger partial charge in [0.05, 0.1) is 23.9 Å². The highest BCUT2D eigenvalue weighted by molar-refractivity contribution is 9.10. The first kappa shape index (κ1) is 22.4. The van der Waals surface area contributed by atoms with Gasteiger partial charge in [0.2, 0.25) is 0 Å². The fraction of sp³-hybridized carbons (Fsp3) is 0.333. The van der Waals surface area contributed by atoms with Crippen molar-refractivity contribution in [2.24, 2.45) is 0 Å². The standard InChI is InChI=1S/C24H28BrNO4/c1-2-13-28-21-11-9-19(10-12-21)15-26(17-22-6-5-14-29-22)16-20(27)18-30-24-8-4-3-7-23(24)25/h3-12,14,20,27H,2,13,15-18H2,1H3. The highest BCUT2D eigenvalue weighted by Gasteiger charge is 2.15. The summed E-state index contributed by atoms with van der Waals surface area (Å²) in [5, 5.41) is 10.6. The number of rotatable bonds is 12. The van der Waals surface area contributed by atoms with Crippen molar-refractivity contribution in [3.63, 3.8) is 0 Å². The molecule has 1 heterocycles. The number of benzene rings is 2. The van der Waals surface area contributed by atoms with E-state index in [2.05, 4.69) is 39.9 Å². The second kappa shape index (κ2) is 11.8. The summed E-state index contributed by atoms with van der Waals surface area (Å²) < 4.78 is 17.8. The van der Waals surface area contributed by atoms with Crippen molar-refractivity contribution in [3.8, 4) is 11.5 Å². The first-order chi connectivity index (χ1) is 14.6. The minimum atomic E-state index is -0.640. The first-order valence-electron chi connectivity index (χ1n) is 10.2. The maximum atomic E-state index is 10.6. The van der Waals surface area contributed by atoms with E-state index in [1.54, 1.807) is 6.26 Å². The van der Waals surface area contributed by atoms with Gasteiger partial charge < -0.3 is 19.0 Å². The lowest BCUT2D eigenvalue weighted by atomic mass is 10.2. The summed E-state index contributed by atoms with van der Waals surface area (Å²) in [5.74, 6) is 2.45. The van der Waals surface area contributed by atoms with Crippen LogP contribution in [-0.2, 0) is 13.1 Å². The van der Waals surface area contributed by atoms with Gasteiger partial charge in [-0.15, -0.1) is 0 Å². The zero-order valence-corrected chi connectivity index (χ0v) is 18.8. The molecule has 0 fully saturated rings. The molecule has 0 aliphatic rings. The van der Waals surface area contributed by atoms with E-state index in [1.807, 2.05) is 48.5 Å². The van der Waals surface area contributed by atoms with Crippen LogP contribution < -0.4 is 9.47 Å². The van der Waals surface area contributed by atoms with Crippen molar-refractivity contribution >= 4 is 15.9 Å². The molecule has 1 N–H and O–H groups in total. The average molecular weight is 474 g/mol. The Morgan fingerprint density at radius 3 is 2.50 bits per heavy atom. The van der Waals surface area contributed by atoms with E-state index >= 15 is 0 Å². The van der Waals surface area contributed by atoms with E-state index in [9.17, 15) is 5.11 Å². The lowest BCUT2D eigenvalue weighted by Crippen LogP contribution is -2.35. The fourth-order valence-corrected chi connectivity index (χ4v) is 3.47. The van der Waals surface area contributed by atoms with Crippen LogP contribution in [0.4, 0.5) is 0 Å². The number of halogens is 1. The summed E-state index contributed by atoms with van der Waals surface area (Å²) >= 11 is 3.46. The highest BCUT2D eigenvalue weighted by Crippen LogP contribution is 2.24. The number of aliphatic hydroxyl groups excluding tert-OH is 1. The molecule has 0 saturated carbocycles. The van der Waals surface area contributed by atoms with E-state index in [4.69, 9.17) is 13.9 Å². The smallest absolute Gasteiger partial charge is 0.133 e. The van der Waals surface area contributed by atoms with E-state index in [-0.39, 0.29) is 6.61 Å². The molecule has 0 aliphatic heterocycles. The van der Waals surface area contributed by atoms with E-state index in [0.717, 1.165) is 33.7 Å². The van der Waals surface area contributed by atoms with Crippen LogP contribution in [0.3, 0.4) is 0 Å². The second-order valence-corrected chi connectivity index (χ2v) is 7.99. The molecule has 0 spiro atoms. The van der Waals surface area contributed by atoms with Gasteiger partial charge in [-0.1, -0.05) is 31.2 Å². The quantitative estimate of drug-likeness (QED) is 0.388. The largest absolute Gasteiger partial charge is 0.494 e. The van der Waals surface area contributed by atoms with Gasteiger partial charge in [-0.3, -0.25) is 4.90 Å². The highest BCUT2D eigenvalue weighted by atomic mass is 79.9. The minimum absolute atomic E-state index is 0.209. The molecule has 2 aromatic carbocycles. The van der Waals surface area contributed by atoms with Gasteiger partial charge in [-0.25, -0.2) is 0 Å². The summed E-state index contributed by atoms with van der Waals surface area (Å²) in [6, 6.07) is 19.5. The number of ether oxygens (including phenoxy) is 2. The first-order valence-corrected chi connectivity index (χ1v) is 10.9. The molecule has 6 heteroatoms. The summed E-state index contributed by atoms with van der Waals surface area (Å²) in [7, 11) is 0. The van der Waals surface area contributed by atoms with E-state index < -0.39 is 6.10 Å². The second-order valence-electron chi connectivity index (χ2n) is 7.14. The van der Waals surface area contributed by atoms with Crippen LogP contribution >= 0.6 is 15.9 Å². The van der Waals surface area contributed by atoms with Gasteiger partial charge in [-0.2, -0.15) is 0 Å². The maximum absolute atomic E-state index is 10.6. The maximum Gasteiger partial charge on any atom is 0.133 e. The number of furan rings is 1. The molecule has 1 aromatic heterocycles. The molecule has 160 valence electrons. The van der Waals surface area contributed by atoms with Crippen LogP contribution in [0.15, 0.2) is 75.8 Å². The molecule has 30 heavy (non-hydrogen) atoms. The summed E-state index contributed by atoms with van der Waals surface area (Å²) in [6.45, 7) is 4.76. The molecule has 0 bridgehead atoms. The van der Waals surface area contributed by atoms with Crippen molar-refractivity contribution in [1.82, 2.24) is 4.90 Å². The Balaban J connectivity index is 1.59. The molecule has 0 aliphatic carbocycles. The Morgan fingerprint density at radius 2 is 1.80 bits per heavy atom. The number of aliphatic hydroxyl groups is 1. The van der Waals surface area contributed by atoms with Crippen LogP contribution in [0, 0.1) is 0 Å². The molecule has 0 amide bonds. The lowest BCUT2D eigenvalue weighted by molar-refractivity contribution is 0.0602. The topological polar surface area (TPSA) is 55.1 Å². The number of para-hydroxylation sites is 1. The number of hydrogen-bond donors (Lipinski definition) is 1. The molecule has 0 saturated heterocycles. The molecule has 1 unspecified atom stereocenters. The molecule has 5 nitrogen and oxygen atoms in total. The van der Waals surface area contributed by atoms with Gasteiger partial charge in [-0.05, 0) is 64.3 Å². The fourth-order valence-electron chi connectivity index (χ4n) is 3.08. The number of hydrogen-bond acceptors (Lipinski definition) is 5. The molecular weight excluding hydrogens is 446 g/mol. The van der Waals surface area contributed by atoms with Crippen LogP contribution in [0.1, 0.15) is 24.7 Å². The van der Waals surface area contributed by atoms with Crippen LogP contribution in [0.25, 0.3) is 0 Å². The van der Waals surface area contributed by atoms with Gasteiger partial charge in [0.15, 0.2) is 0 Å². The lowest BCUT2D eigenvalue weighted by Gasteiger charge is -2.24. The Labute approximate surface area is 186 Å². The van der Waals surface area contributed by atoms with Crippen LogP contribution in [0.5, 0.6) is 11.5 Å². The van der Waals surface area contributed by atoms with Crippen LogP contribution in [0.2, 0.25) is 0 Å². The molecule has 3 aromatic rings. The van der Waals surface area contributed by atoms with Crippen molar-refractivity contribution in [1.29, 1.82) is 0 Å². The molecule has 3 rings (SSSR count). The molecule has 0 radical (unpaired) electrons. The van der Waals surface area contributed by atoms with Gasteiger partial charge in [0, 0.05) is 13.1 Å². The van der Waals surface area contributed by atoms with Gasteiger partial charge in [0.25, 0.3) is 0 Å². The monoisotopic (exact) mass is 473 g/mol. The third-order valence-corrected chi connectivity index (χ3v) is 5.15. The Kier molecular flexibility index (Phi) is 8.81. The van der Waals surface area contributed by atoms with Gasteiger partial charge >= 0.3 is 0 Å². The molecule has 1 atom stereocenters. The van der Waals surface area contributed by atoms with Crippen molar-refractivity contribution in [2.45, 2.75) is 32.5 Å². The van der Waals surface area contributed by atoms with Crippen molar-refractivity contribution in [2.75, 3.05) is 19.8 Å². The predicted molar refractivity (Wildman–Crippen MR) is 121 cm³/mol. The van der Waals surface area contributed by atoms with Gasteiger partial charge in [0.1, 0.15) is 30.0 Å². The van der Waals surface area contributed by atoms with E-state index in [1.165, 1.54) is 0 Å². The van der Waals surface area contributed by atoms with E-state index in [0.29, 0.717) is 26.2 Å². The van der Waals surface area contributed by atoms with Crippen molar-refractivity contribution in [3.05, 3.63) is 82.7 Å².